The Morgan fingerprint density at radius 3 is 2.42 bits per heavy atom. The summed E-state index contributed by atoms with van der Waals surface area (Å²) in [6, 6.07) is 1.29. The van der Waals surface area contributed by atoms with Gasteiger partial charge in [-0.3, -0.25) is 14.9 Å². The van der Waals surface area contributed by atoms with E-state index in [0.29, 0.717) is 12.1 Å². The monoisotopic (exact) mass is 389 g/mol. The normalized spacial score (nSPS) is 13.3. The van der Waals surface area contributed by atoms with E-state index in [-0.39, 0.29) is 12.7 Å². The summed E-state index contributed by atoms with van der Waals surface area (Å²) in [4.78, 5) is 19.0. The summed E-state index contributed by atoms with van der Waals surface area (Å²) in [7, 11) is -8.10. The summed E-state index contributed by atoms with van der Waals surface area (Å²) >= 11 is 0. The first kappa shape index (κ1) is 20.0. The summed E-state index contributed by atoms with van der Waals surface area (Å²) < 4.78 is 76.9. The summed E-state index contributed by atoms with van der Waals surface area (Å²) in [5.74, 6) is -2.39. The van der Waals surface area contributed by atoms with Crippen LogP contribution in [0.3, 0.4) is 0 Å². The third-order valence-electron chi connectivity index (χ3n) is 2.50. The van der Waals surface area contributed by atoms with Gasteiger partial charge < -0.3 is 4.74 Å². The van der Waals surface area contributed by atoms with Gasteiger partial charge in [0.1, 0.15) is 4.90 Å². The number of hydrogen-bond donors (Lipinski definition) is 0. The second kappa shape index (κ2) is 7.25. The molecule has 1 aromatic rings. The van der Waals surface area contributed by atoms with Crippen LogP contribution in [0.4, 0.5) is 18.9 Å². The van der Waals surface area contributed by atoms with Crippen molar-refractivity contribution in [2.75, 3.05) is 12.4 Å². The van der Waals surface area contributed by atoms with E-state index in [2.05, 4.69) is 4.74 Å². The number of nitro benzene ring substituents is 1. The zero-order valence-corrected chi connectivity index (χ0v) is 13.5. The van der Waals surface area contributed by atoms with Crippen LogP contribution >= 0.6 is 0 Å². The second-order valence-corrected chi connectivity index (χ2v) is 7.59. The van der Waals surface area contributed by atoms with Gasteiger partial charge in [-0.05, 0) is 19.1 Å². The molecule has 0 heterocycles. The topological polar surface area (TPSA) is 121 Å². The number of nitro groups is 1. The van der Waals surface area contributed by atoms with Crippen molar-refractivity contribution in [3.05, 3.63) is 28.3 Å². The van der Waals surface area contributed by atoms with Crippen LogP contribution in [0.15, 0.2) is 28.0 Å². The van der Waals surface area contributed by atoms with Crippen LogP contribution in [-0.4, -0.2) is 41.4 Å². The van der Waals surface area contributed by atoms with E-state index >= 15 is 0 Å². The van der Waals surface area contributed by atoms with Gasteiger partial charge in [0.2, 0.25) is 0 Å². The highest BCUT2D eigenvalue weighted by Crippen LogP contribution is 2.32. The lowest BCUT2D eigenvalue weighted by Gasteiger charge is -2.09. The van der Waals surface area contributed by atoms with E-state index in [1.807, 2.05) is 0 Å². The first-order valence-corrected chi connectivity index (χ1v) is 8.85. The Morgan fingerprint density at radius 2 is 1.96 bits per heavy atom. The molecule has 1 rings (SSSR count). The Labute approximate surface area is 136 Å². The lowest BCUT2D eigenvalue weighted by molar-refractivity contribution is -0.388. The Morgan fingerprint density at radius 1 is 1.38 bits per heavy atom. The number of rotatable bonds is 6. The average Bonchev–Trinajstić information content (AvgIpc) is 2.44. The second-order valence-electron chi connectivity index (χ2n) is 4.17. The largest absolute Gasteiger partial charge is 0.475 e. The fraction of sp³-hybridized carbons (Fsp3) is 0.364. The number of sulfone groups is 1. The first-order chi connectivity index (χ1) is 10.9. The van der Waals surface area contributed by atoms with Crippen LogP contribution in [0, 0.1) is 10.1 Å². The number of nitrogens with zero attached hydrogens (tertiary/aromatic N) is 1. The molecule has 1 unspecified atom stereocenters. The lowest BCUT2D eigenvalue weighted by Crippen LogP contribution is -2.20. The van der Waals surface area contributed by atoms with Crippen LogP contribution in [0.25, 0.3) is 0 Å². The van der Waals surface area contributed by atoms with Gasteiger partial charge in [-0.2, -0.15) is 13.2 Å². The van der Waals surface area contributed by atoms with Crippen molar-refractivity contribution in [1.29, 1.82) is 0 Å². The molecule has 0 saturated carbocycles. The van der Waals surface area contributed by atoms with E-state index in [4.69, 9.17) is 0 Å². The molecular formula is C11H10F3NO7S2. The average molecular weight is 389 g/mol. The van der Waals surface area contributed by atoms with Crippen molar-refractivity contribution < 1.29 is 40.3 Å². The maximum atomic E-state index is 12.4. The molecule has 0 aromatic heterocycles. The molecular weight excluding hydrogens is 379 g/mol. The smallest absolute Gasteiger partial charge is 0.465 e. The first-order valence-electron chi connectivity index (χ1n) is 6.05. The quantitative estimate of drug-likeness (QED) is 0.411. The number of benzene rings is 1. The SMILES string of the molecule is CCOC(=O)CS(=O)(=O)c1ccc(S(=O)C(F)(F)F)cc1[N+](=O)[O-]. The minimum Gasteiger partial charge on any atom is -0.465 e. The predicted molar refractivity (Wildman–Crippen MR) is 74.2 cm³/mol. The van der Waals surface area contributed by atoms with Crippen LogP contribution in [-0.2, 0) is 30.2 Å². The maximum Gasteiger partial charge on any atom is 0.475 e. The molecule has 0 spiro atoms. The van der Waals surface area contributed by atoms with E-state index in [1.165, 1.54) is 6.92 Å². The number of ether oxygens (including phenoxy) is 1. The molecule has 13 heteroatoms. The molecule has 0 aliphatic carbocycles. The zero-order valence-electron chi connectivity index (χ0n) is 11.9. The van der Waals surface area contributed by atoms with E-state index in [9.17, 15) is 40.7 Å². The predicted octanol–water partition coefficient (Wildman–Crippen LogP) is 1.56. The van der Waals surface area contributed by atoms with Crippen molar-refractivity contribution in [1.82, 2.24) is 0 Å². The van der Waals surface area contributed by atoms with Crippen LogP contribution in [0.5, 0.6) is 0 Å². The summed E-state index contributed by atoms with van der Waals surface area (Å²) in [6.45, 7) is 1.29. The summed E-state index contributed by atoms with van der Waals surface area (Å²) in [6.07, 6.45) is 0. The molecule has 134 valence electrons. The summed E-state index contributed by atoms with van der Waals surface area (Å²) in [5.41, 5.74) is -6.38. The molecule has 1 atom stereocenters. The van der Waals surface area contributed by atoms with Gasteiger partial charge in [0.25, 0.3) is 5.69 Å². The van der Waals surface area contributed by atoms with Gasteiger partial charge in [-0.15, -0.1) is 0 Å². The van der Waals surface area contributed by atoms with Crippen molar-refractivity contribution in [2.45, 2.75) is 22.2 Å². The molecule has 0 fully saturated rings. The number of carbonyl (C=O) groups excluding carboxylic acids is 1. The zero-order chi connectivity index (χ0) is 18.7. The number of esters is 1. The van der Waals surface area contributed by atoms with Gasteiger partial charge in [-0.25, -0.2) is 12.6 Å². The van der Waals surface area contributed by atoms with E-state index < -0.39 is 58.3 Å². The Balaban J connectivity index is 3.38. The number of hydrogen-bond acceptors (Lipinski definition) is 7. The third-order valence-corrected chi connectivity index (χ3v) is 5.23. The number of carbonyl (C=O) groups is 1. The molecule has 0 aliphatic rings. The fourth-order valence-electron chi connectivity index (χ4n) is 1.59. The molecule has 8 nitrogen and oxygen atoms in total. The van der Waals surface area contributed by atoms with Gasteiger partial charge in [0.15, 0.2) is 26.4 Å². The maximum absolute atomic E-state index is 12.4. The molecule has 24 heavy (non-hydrogen) atoms. The lowest BCUT2D eigenvalue weighted by atomic mass is 10.3. The van der Waals surface area contributed by atoms with Crippen LogP contribution in [0.2, 0.25) is 0 Å². The van der Waals surface area contributed by atoms with Gasteiger partial charge >= 0.3 is 11.5 Å². The van der Waals surface area contributed by atoms with Crippen molar-refractivity contribution >= 4 is 32.3 Å². The Hall–Kier alpha value is -2.02. The molecule has 0 bridgehead atoms. The molecule has 1 aromatic carbocycles. The molecule has 0 amide bonds. The van der Waals surface area contributed by atoms with E-state index in [1.54, 1.807) is 0 Å². The Bertz CT molecular complexity index is 789. The van der Waals surface area contributed by atoms with Gasteiger partial charge in [-0.1, -0.05) is 0 Å². The Kier molecular flexibility index (Phi) is 6.05. The summed E-state index contributed by atoms with van der Waals surface area (Å²) in [5, 5.41) is 10.9. The minimum absolute atomic E-state index is 0.125. The number of halogens is 3. The fourth-order valence-corrected chi connectivity index (χ4v) is 3.54. The molecule has 0 aliphatic heterocycles. The standard InChI is InChI=1S/C11H10F3NO7S2/c1-2-22-10(16)6-24(20,21)9-4-3-7(5-8(9)15(17)18)23(19)11(12,13)14/h3-5H,2,6H2,1H3. The van der Waals surface area contributed by atoms with Gasteiger partial charge in [0, 0.05) is 6.07 Å². The molecule has 0 radical (unpaired) electrons. The van der Waals surface area contributed by atoms with Crippen LogP contribution < -0.4 is 0 Å². The number of alkyl halides is 3. The molecule has 0 N–H and O–H groups in total. The van der Waals surface area contributed by atoms with Crippen LogP contribution in [0.1, 0.15) is 6.92 Å². The molecule has 0 saturated heterocycles. The van der Waals surface area contributed by atoms with Crippen molar-refractivity contribution in [3.8, 4) is 0 Å². The van der Waals surface area contributed by atoms with E-state index in [0.717, 1.165) is 0 Å². The highest BCUT2D eigenvalue weighted by molar-refractivity contribution is 7.92. The highest BCUT2D eigenvalue weighted by atomic mass is 32.2. The van der Waals surface area contributed by atoms with Crippen molar-refractivity contribution in [2.24, 2.45) is 0 Å². The van der Waals surface area contributed by atoms with Crippen molar-refractivity contribution in [3.63, 3.8) is 0 Å². The minimum atomic E-state index is -5.17. The highest BCUT2D eigenvalue weighted by Gasteiger charge is 2.39. The van der Waals surface area contributed by atoms with Gasteiger partial charge in [0.05, 0.1) is 16.4 Å². The third kappa shape index (κ3) is 4.74.